The lowest BCUT2D eigenvalue weighted by Gasteiger charge is -2.12. The third kappa shape index (κ3) is 2.18. The molecule has 0 bridgehead atoms. The summed E-state index contributed by atoms with van der Waals surface area (Å²) in [5.41, 5.74) is -0.635. The molecule has 1 N–H and O–H groups in total. The Kier molecular flexibility index (Phi) is 3.60. The number of benzene rings is 1. The summed E-state index contributed by atoms with van der Waals surface area (Å²) >= 11 is 0. The predicted molar refractivity (Wildman–Crippen MR) is 72.3 cm³/mol. The number of carboxylic acids is 1. The second-order valence-corrected chi connectivity index (χ2v) is 4.30. The maximum absolute atomic E-state index is 12.4. The highest BCUT2D eigenvalue weighted by Gasteiger charge is 2.15. The third-order valence-electron chi connectivity index (χ3n) is 3.11. The van der Waals surface area contributed by atoms with Crippen LogP contribution in [0.3, 0.4) is 0 Å². The molecule has 2 aromatic rings. The quantitative estimate of drug-likeness (QED) is 0.861. The first kappa shape index (κ1) is 13.9. The summed E-state index contributed by atoms with van der Waals surface area (Å²) in [6.07, 6.45) is -0.296. The number of methoxy groups -OCH3 is 1. The van der Waals surface area contributed by atoms with Gasteiger partial charge in [0, 0.05) is 13.6 Å². The van der Waals surface area contributed by atoms with Crippen molar-refractivity contribution in [3.8, 4) is 5.75 Å². The molecule has 0 saturated heterocycles. The summed E-state index contributed by atoms with van der Waals surface area (Å²) in [4.78, 5) is 35.1. The van der Waals surface area contributed by atoms with Gasteiger partial charge in [0.15, 0.2) is 0 Å². The molecular formula is C13H14N2O5. The molecule has 0 aliphatic carbocycles. The van der Waals surface area contributed by atoms with E-state index in [4.69, 9.17) is 9.84 Å². The number of aromatic nitrogens is 2. The van der Waals surface area contributed by atoms with Gasteiger partial charge in [0.1, 0.15) is 11.1 Å². The highest BCUT2D eigenvalue weighted by molar-refractivity contribution is 5.84. The minimum atomic E-state index is -1.07. The van der Waals surface area contributed by atoms with Crippen molar-refractivity contribution in [2.75, 3.05) is 7.11 Å². The summed E-state index contributed by atoms with van der Waals surface area (Å²) in [7, 11) is 2.96. The largest absolute Gasteiger partial charge is 0.496 e. The molecule has 20 heavy (non-hydrogen) atoms. The number of carboxylic acid groups (broad SMARTS) is 1. The molecule has 1 aromatic heterocycles. The highest BCUT2D eigenvalue weighted by Crippen LogP contribution is 2.20. The average molecular weight is 278 g/mol. The van der Waals surface area contributed by atoms with Gasteiger partial charge in [0.2, 0.25) is 0 Å². The summed E-state index contributed by atoms with van der Waals surface area (Å²) in [6.45, 7) is -0.172. The Bertz CT molecular complexity index is 788. The van der Waals surface area contributed by atoms with Gasteiger partial charge in [-0.05, 0) is 12.1 Å². The molecule has 0 fully saturated rings. The lowest BCUT2D eigenvalue weighted by Crippen LogP contribution is -2.39. The van der Waals surface area contributed by atoms with Gasteiger partial charge in [-0.25, -0.2) is 4.79 Å². The molecule has 0 saturated carbocycles. The van der Waals surface area contributed by atoms with Gasteiger partial charge in [-0.2, -0.15) is 0 Å². The van der Waals surface area contributed by atoms with Crippen LogP contribution in [0.4, 0.5) is 0 Å². The third-order valence-corrected chi connectivity index (χ3v) is 3.11. The minimum Gasteiger partial charge on any atom is -0.496 e. The smallest absolute Gasteiger partial charge is 0.331 e. The minimum absolute atomic E-state index is 0.172. The summed E-state index contributed by atoms with van der Waals surface area (Å²) < 4.78 is 7.36. The molecule has 0 aliphatic rings. The van der Waals surface area contributed by atoms with Gasteiger partial charge in [0.05, 0.1) is 19.0 Å². The first-order valence-corrected chi connectivity index (χ1v) is 5.95. The van der Waals surface area contributed by atoms with Gasteiger partial charge < -0.3 is 9.84 Å². The zero-order valence-electron chi connectivity index (χ0n) is 11.1. The van der Waals surface area contributed by atoms with E-state index in [1.807, 2.05) is 0 Å². The van der Waals surface area contributed by atoms with E-state index in [-0.39, 0.29) is 18.4 Å². The van der Waals surface area contributed by atoms with Gasteiger partial charge in [-0.3, -0.25) is 18.7 Å². The number of hydrogen-bond acceptors (Lipinski definition) is 4. The van der Waals surface area contributed by atoms with Crippen molar-refractivity contribution in [1.82, 2.24) is 9.13 Å². The predicted octanol–water partition coefficient (Wildman–Crippen LogP) is 0.183. The molecule has 0 aliphatic heterocycles. The van der Waals surface area contributed by atoms with Crippen LogP contribution in [0.25, 0.3) is 10.9 Å². The van der Waals surface area contributed by atoms with Gasteiger partial charge in [-0.15, -0.1) is 0 Å². The molecule has 106 valence electrons. The number of fused-ring (bicyclic) bond motifs is 1. The van der Waals surface area contributed by atoms with Gasteiger partial charge in [-0.1, -0.05) is 6.07 Å². The molecule has 1 heterocycles. The zero-order chi connectivity index (χ0) is 14.9. The van der Waals surface area contributed by atoms with Crippen molar-refractivity contribution in [3.63, 3.8) is 0 Å². The van der Waals surface area contributed by atoms with Crippen LogP contribution < -0.4 is 16.0 Å². The average Bonchev–Trinajstić information content (AvgIpc) is 2.43. The fourth-order valence-electron chi connectivity index (χ4n) is 2.09. The standard InChI is InChI=1S/C13H14N2O5/c1-14-8-4-3-5-9(20-2)11(8)12(18)15(13(14)19)7-6-10(16)17/h3-5H,6-7H2,1-2H3,(H,16,17). The normalized spacial score (nSPS) is 10.7. The fourth-order valence-corrected chi connectivity index (χ4v) is 2.09. The lowest BCUT2D eigenvalue weighted by molar-refractivity contribution is -0.137. The molecule has 1 aromatic carbocycles. The van der Waals surface area contributed by atoms with E-state index in [0.29, 0.717) is 11.3 Å². The van der Waals surface area contributed by atoms with Crippen molar-refractivity contribution >= 4 is 16.9 Å². The second-order valence-electron chi connectivity index (χ2n) is 4.30. The Labute approximate surface area is 113 Å². The molecule has 0 amide bonds. The molecule has 7 heteroatoms. The molecule has 7 nitrogen and oxygen atoms in total. The van der Waals surface area contributed by atoms with Gasteiger partial charge in [0.25, 0.3) is 5.56 Å². The van der Waals surface area contributed by atoms with Crippen LogP contribution in [0.15, 0.2) is 27.8 Å². The van der Waals surface area contributed by atoms with E-state index in [2.05, 4.69) is 0 Å². The van der Waals surface area contributed by atoms with Crippen LogP contribution in [0, 0.1) is 0 Å². The number of rotatable bonds is 4. The van der Waals surface area contributed by atoms with Crippen LogP contribution in [-0.4, -0.2) is 27.3 Å². The summed E-state index contributed by atoms with van der Waals surface area (Å²) in [5.74, 6) is -0.716. The van der Waals surface area contributed by atoms with Crippen molar-refractivity contribution < 1.29 is 14.6 Å². The summed E-state index contributed by atoms with van der Waals surface area (Å²) in [5, 5.41) is 8.96. The van der Waals surface area contributed by atoms with Crippen molar-refractivity contribution in [1.29, 1.82) is 0 Å². The zero-order valence-corrected chi connectivity index (χ0v) is 11.1. The summed E-state index contributed by atoms with van der Waals surface area (Å²) in [6, 6.07) is 4.94. The Hall–Kier alpha value is -2.57. The van der Waals surface area contributed by atoms with E-state index >= 15 is 0 Å². The van der Waals surface area contributed by atoms with Gasteiger partial charge >= 0.3 is 11.7 Å². The maximum Gasteiger partial charge on any atom is 0.331 e. The molecule has 0 spiro atoms. The topological polar surface area (TPSA) is 90.5 Å². The van der Waals surface area contributed by atoms with E-state index in [0.717, 1.165) is 4.57 Å². The highest BCUT2D eigenvalue weighted by atomic mass is 16.5. The first-order valence-electron chi connectivity index (χ1n) is 5.95. The van der Waals surface area contributed by atoms with Crippen LogP contribution >= 0.6 is 0 Å². The first-order chi connectivity index (χ1) is 9.47. The van der Waals surface area contributed by atoms with E-state index < -0.39 is 17.2 Å². The van der Waals surface area contributed by atoms with Crippen molar-refractivity contribution in [2.45, 2.75) is 13.0 Å². The van der Waals surface area contributed by atoms with E-state index in [9.17, 15) is 14.4 Å². The van der Waals surface area contributed by atoms with Crippen molar-refractivity contribution in [3.05, 3.63) is 39.0 Å². The lowest BCUT2D eigenvalue weighted by atomic mass is 10.2. The van der Waals surface area contributed by atoms with Crippen LogP contribution in [-0.2, 0) is 18.4 Å². The Morgan fingerprint density at radius 1 is 1.35 bits per heavy atom. The molecule has 2 rings (SSSR count). The maximum atomic E-state index is 12.4. The second kappa shape index (κ2) is 5.20. The van der Waals surface area contributed by atoms with Crippen LogP contribution in [0.1, 0.15) is 6.42 Å². The van der Waals surface area contributed by atoms with Crippen LogP contribution in [0.5, 0.6) is 5.75 Å². The van der Waals surface area contributed by atoms with Crippen molar-refractivity contribution in [2.24, 2.45) is 7.05 Å². The SMILES string of the molecule is COc1cccc2c1c(=O)n(CCC(=O)O)c(=O)n2C. The van der Waals surface area contributed by atoms with Crippen LogP contribution in [0.2, 0.25) is 0 Å². The Balaban J connectivity index is 2.80. The molecular weight excluding hydrogens is 264 g/mol. The number of nitrogens with zero attached hydrogens (tertiary/aromatic N) is 2. The van der Waals surface area contributed by atoms with E-state index in [1.165, 1.54) is 18.7 Å². The number of hydrogen-bond donors (Lipinski definition) is 1. The number of carbonyl (C=O) groups is 1. The Morgan fingerprint density at radius 2 is 2.05 bits per heavy atom. The Morgan fingerprint density at radius 3 is 2.65 bits per heavy atom. The number of aliphatic carboxylic acids is 1. The molecule has 0 atom stereocenters. The number of ether oxygens (including phenoxy) is 1. The molecule has 0 unspecified atom stereocenters. The van der Waals surface area contributed by atoms with E-state index in [1.54, 1.807) is 18.2 Å². The fraction of sp³-hybridized carbons (Fsp3) is 0.308. The monoisotopic (exact) mass is 278 g/mol. The number of aryl methyl sites for hydroxylation is 1. The molecule has 0 radical (unpaired) electrons.